The molecular formula is C19H15N3O4. The highest BCUT2D eigenvalue weighted by molar-refractivity contribution is 6.21. The number of amides is 3. The normalized spacial score (nSPS) is 17.2. The molecule has 7 nitrogen and oxygen atoms in total. The zero-order chi connectivity index (χ0) is 18.3. The summed E-state index contributed by atoms with van der Waals surface area (Å²) in [5, 5.41) is 9.46. The molecule has 0 spiro atoms. The molecule has 0 radical (unpaired) electrons. The lowest BCUT2D eigenvalue weighted by Gasteiger charge is -2.33. The van der Waals surface area contributed by atoms with Gasteiger partial charge < -0.3 is 10.0 Å². The number of phenolic OH excluding ortho intramolecular Hbond substituents is 1. The standard InChI is InChI=1S/C19H15N3O4/c23-13-7-5-12(6-8-13)9-17(21-10-16(24)20-11-21)22-18(25)14-3-1-2-4-15(14)19(22)26/h1-8,11,17,23H,9-10H2. The van der Waals surface area contributed by atoms with Crippen molar-refractivity contribution in [3.63, 3.8) is 0 Å². The third kappa shape index (κ3) is 2.63. The maximum absolute atomic E-state index is 12.8. The summed E-state index contributed by atoms with van der Waals surface area (Å²) in [6.07, 6.45) is 1.00. The van der Waals surface area contributed by atoms with Crippen LogP contribution in [0.3, 0.4) is 0 Å². The van der Waals surface area contributed by atoms with Crippen molar-refractivity contribution < 1.29 is 19.5 Å². The molecule has 2 aromatic rings. The smallest absolute Gasteiger partial charge is 0.266 e. The third-order valence-electron chi connectivity index (χ3n) is 4.53. The van der Waals surface area contributed by atoms with E-state index < -0.39 is 6.17 Å². The van der Waals surface area contributed by atoms with Gasteiger partial charge in [-0.25, -0.2) is 4.99 Å². The molecule has 130 valence electrons. The highest BCUT2D eigenvalue weighted by Gasteiger charge is 2.42. The van der Waals surface area contributed by atoms with Crippen LogP contribution in [0, 0.1) is 0 Å². The van der Waals surface area contributed by atoms with Crippen molar-refractivity contribution in [3.05, 3.63) is 65.2 Å². The van der Waals surface area contributed by atoms with Crippen LogP contribution in [0.1, 0.15) is 26.3 Å². The Morgan fingerprint density at radius 1 is 0.962 bits per heavy atom. The van der Waals surface area contributed by atoms with E-state index in [1.807, 2.05) is 0 Å². The van der Waals surface area contributed by atoms with E-state index >= 15 is 0 Å². The molecule has 26 heavy (non-hydrogen) atoms. The number of aliphatic imine (C=N–C) groups is 1. The number of hydrogen-bond donors (Lipinski definition) is 1. The highest BCUT2D eigenvalue weighted by atomic mass is 16.3. The minimum atomic E-state index is -0.679. The number of benzene rings is 2. The van der Waals surface area contributed by atoms with Crippen LogP contribution in [-0.2, 0) is 11.2 Å². The van der Waals surface area contributed by atoms with E-state index in [4.69, 9.17) is 0 Å². The van der Waals surface area contributed by atoms with Gasteiger partial charge >= 0.3 is 0 Å². The summed E-state index contributed by atoms with van der Waals surface area (Å²) >= 11 is 0. The van der Waals surface area contributed by atoms with Crippen LogP contribution in [-0.4, -0.2) is 51.7 Å². The molecular weight excluding hydrogens is 334 g/mol. The lowest BCUT2D eigenvalue weighted by atomic mass is 10.1. The molecule has 1 N–H and O–H groups in total. The van der Waals surface area contributed by atoms with Gasteiger partial charge in [0.05, 0.1) is 17.5 Å². The Hall–Kier alpha value is -3.48. The molecule has 0 saturated heterocycles. The molecule has 7 heteroatoms. The summed E-state index contributed by atoms with van der Waals surface area (Å²) in [6.45, 7) is 0.0101. The number of aromatic hydroxyl groups is 1. The van der Waals surface area contributed by atoms with E-state index in [9.17, 15) is 19.5 Å². The van der Waals surface area contributed by atoms with Gasteiger partial charge in [-0.3, -0.25) is 19.3 Å². The predicted molar refractivity (Wildman–Crippen MR) is 92.7 cm³/mol. The zero-order valence-corrected chi connectivity index (χ0v) is 13.7. The first-order chi connectivity index (χ1) is 12.5. The number of phenols is 1. The minimum absolute atomic E-state index is 0.0101. The van der Waals surface area contributed by atoms with E-state index in [1.165, 1.54) is 23.4 Å². The zero-order valence-electron chi connectivity index (χ0n) is 13.7. The summed E-state index contributed by atoms with van der Waals surface area (Å²) in [7, 11) is 0. The van der Waals surface area contributed by atoms with Crippen LogP contribution in [0.25, 0.3) is 0 Å². The Kier molecular flexibility index (Phi) is 3.76. The Morgan fingerprint density at radius 3 is 2.12 bits per heavy atom. The van der Waals surface area contributed by atoms with Gasteiger partial charge in [-0.05, 0) is 29.8 Å². The van der Waals surface area contributed by atoms with Crippen molar-refractivity contribution in [2.45, 2.75) is 12.6 Å². The molecule has 0 fully saturated rings. The van der Waals surface area contributed by atoms with E-state index in [1.54, 1.807) is 41.3 Å². The maximum atomic E-state index is 12.8. The summed E-state index contributed by atoms with van der Waals surface area (Å²) in [4.78, 5) is 43.8. The third-order valence-corrected chi connectivity index (χ3v) is 4.53. The molecule has 0 aromatic heterocycles. The lowest BCUT2D eigenvalue weighted by Crippen LogP contribution is -2.51. The van der Waals surface area contributed by atoms with Crippen molar-refractivity contribution in [2.75, 3.05) is 6.54 Å². The van der Waals surface area contributed by atoms with Crippen molar-refractivity contribution in [1.29, 1.82) is 0 Å². The topological polar surface area (TPSA) is 90.3 Å². The first kappa shape index (κ1) is 16.0. The van der Waals surface area contributed by atoms with E-state index in [0.29, 0.717) is 17.5 Å². The summed E-state index contributed by atoms with van der Waals surface area (Å²) in [5.74, 6) is -0.967. The van der Waals surface area contributed by atoms with E-state index in [2.05, 4.69) is 4.99 Å². The first-order valence-electron chi connectivity index (χ1n) is 8.12. The number of nitrogens with zero attached hydrogens (tertiary/aromatic N) is 3. The van der Waals surface area contributed by atoms with Crippen LogP contribution in [0.15, 0.2) is 53.5 Å². The largest absolute Gasteiger partial charge is 0.508 e. The predicted octanol–water partition coefficient (Wildman–Crippen LogP) is 1.43. The van der Waals surface area contributed by atoms with Gasteiger partial charge in [0.15, 0.2) is 0 Å². The van der Waals surface area contributed by atoms with Crippen molar-refractivity contribution in [1.82, 2.24) is 9.80 Å². The molecule has 0 saturated carbocycles. The molecule has 2 aliphatic rings. The molecule has 2 aromatic carbocycles. The highest BCUT2D eigenvalue weighted by Crippen LogP contribution is 2.28. The number of carbonyl (C=O) groups excluding carboxylic acids is 3. The lowest BCUT2D eigenvalue weighted by molar-refractivity contribution is -0.117. The SMILES string of the molecule is O=C1CN(C(Cc2ccc(O)cc2)N2C(=O)c3ccccc3C2=O)C=N1. The number of carbonyl (C=O) groups is 3. The van der Waals surface area contributed by atoms with Gasteiger partial charge in [0.1, 0.15) is 18.5 Å². The Morgan fingerprint density at radius 2 is 1.58 bits per heavy atom. The Balaban J connectivity index is 1.70. The molecule has 1 atom stereocenters. The van der Waals surface area contributed by atoms with E-state index in [0.717, 1.165) is 5.56 Å². The summed E-state index contributed by atoms with van der Waals surface area (Å²) in [6, 6.07) is 13.2. The fourth-order valence-electron chi connectivity index (χ4n) is 3.24. The number of fused-ring (bicyclic) bond motifs is 1. The van der Waals surface area contributed by atoms with Crippen LogP contribution in [0.4, 0.5) is 0 Å². The summed E-state index contributed by atoms with van der Waals surface area (Å²) in [5.41, 5.74) is 1.53. The van der Waals surface area contributed by atoms with Gasteiger partial charge in [-0.1, -0.05) is 24.3 Å². The quantitative estimate of drug-likeness (QED) is 0.843. The van der Waals surface area contributed by atoms with Crippen molar-refractivity contribution >= 4 is 24.1 Å². The minimum Gasteiger partial charge on any atom is -0.508 e. The molecule has 2 aliphatic heterocycles. The van der Waals surface area contributed by atoms with Crippen molar-refractivity contribution in [2.24, 2.45) is 4.99 Å². The van der Waals surface area contributed by atoms with Gasteiger partial charge in [0.2, 0.25) is 0 Å². The first-order valence-corrected chi connectivity index (χ1v) is 8.12. The van der Waals surface area contributed by atoms with Crippen LogP contribution < -0.4 is 0 Å². The second-order valence-corrected chi connectivity index (χ2v) is 6.19. The van der Waals surface area contributed by atoms with E-state index in [-0.39, 0.29) is 30.0 Å². The molecule has 3 amide bonds. The molecule has 0 bridgehead atoms. The van der Waals surface area contributed by atoms with Gasteiger partial charge in [0.25, 0.3) is 17.7 Å². The fourth-order valence-corrected chi connectivity index (χ4v) is 3.24. The monoisotopic (exact) mass is 349 g/mol. The molecule has 4 rings (SSSR count). The number of imide groups is 1. The second kappa shape index (κ2) is 6.11. The molecule has 0 aliphatic carbocycles. The fraction of sp³-hybridized carbons (Fsp3) is 0.158. The maximum Gasteiger partial charge on any atom is 0.266 e. The van der Waals surface area contributed by atoms with Crippen LogP contribution in [0.2, 0.25) is 0 Å². The van der Waals surface area contributed by atoms with Gasteiger partial charge in [-0.15, -0.1) is 0 Å². The van der Waals surface area contributed by atoms with Gasteiger partial charge in [0, 0.05) is 6.42 Å². The van der Waals surface area contributed by atoms with Crippen LogP contribution in [0.5, 0.6) is 5.75 Å². The molecule has 2 heterocycles. The van der Waals surface area contributed by atoms with Gasteiger partial charge in [-0.2, -0.15) is 0 Å². The Bertz CT molecular complexity index is 901. The summed E-state index contributed by atoms with van der Waals surface area (Å²) < 4.78 is 0. The second-order valence-electron chi connectivity index (χ2n) is 6.19. The van der Waals surface area contributed by atoms with Crippen molar-refractivity contribution in [3.8, 4) is 5.75 Å². The number of hydrogen-bond acceptors (Lipinski definition) is 5. The average Bonchev–Trinajstić information content (AvgIpc) is 3.18. The number of rotatable bonds is 4. The Labute approximate surface area is 149 Å². The van der Waals surface area contributed by atoms with Crippen LogP contribution >= 0.6 is 0 Å². The molecule has 1 unspecified atom stereocenters. The average molecular weight is 349 g/mol.